The predicted octanol–water partition coefficient (Wildman–Crippen LogP) is 5.61. The van der Waals surface area contributed by atoms with E-state index in [1.165, 1.54) is 103 Å². The molecule has 0 amide bonds. The molecule has 0 heterocycles. The Hall–Kier alpha value is -0.250. The van der Waals surface area contributed by atoms with Crippen molar-refractivity contribution in [1.82, 2.24) is 0 Å². The van der Waals surface area contributed by atoms with Crippen LogP contribution in [0.1, 0.15) is 116 Å². The molecule has 0 spiro atoms. The van der Waals surface area contributed by atoms with Crippen LogP contribution in [0.2, 0.25) is 0 Å². The van der Waals surface area contributed by atoms with Crippen molar-refractivity contribution < 1.29 is 32.0 Å². The molecule has 0 aromatic carbocycles. The van der Waals surface area contributed by atoms with E-state index in [1.54, 1.807) is 0 Å². The van der Waals surface area contributed by atoms with Crippen LogP contribution < -0.4 is 0 Å². The van der Waals surface area contributed by atoms with Gasteiger partial charge in [0.25, 0.3) is 0 Å². The summed E-state index contributed by atoms with van der Waals surface area (Å²) < 4.78 is 43.6. The van der Waals surface area contributed by atoms with Crippen molar-refractivity contribution in [3.63, 3.8) is 0 Å². The van der Waals surface area contributed by atoms with Gasteiger partial charge in [-0.15, -0.1) is 0 Å². The van der Waals surface area contributed by atoms with E-state index in [0.717, 1.165) is 6.42 Å². The maximum Gasteiger partial charge on any atom is 0.147 e. The van der Waals surface area contributed by atoms with Crippen LogP contribution in [0.15, 0.2) is 0 Å². The lowest BCUT2D eigenvalue weighted by Crippen LogP contribution is -2.48. The fourth-order valence-corrected chi connectivity index (χ4v) is 4.94. The Morgan fingerprint density at radius 1 is 0.714 bits per heavy atom. The third-order valence-corrected chi connectivity index (χ3v) is 7.29. The molecule has 0 aliphatic carbocycles. The van der Waals surface area contributed by atoms with Crippen molar-refractivity contribution in [3.05, 3.63) is 0 Å². The average molecular weight is 524 g/mol. The molecule has 35 heavy (non-hydrogen) atoms. The number of unbranched alkanes of at least 4 members (excludes halogenated alkanes) is 16. The molecule has 0 fully saturated rings. The Kier molecular flexibility index (Phi) is 22.7. The van der Waals surface area contributed by atoms with E-state index < -0.39 is 22.0 Å². The molecule has 0 aliphatic rings. The van der Waals surface area contributed by atoms with Crippen LogP contribution in [0, 0.1) is 0 Å². The first-order valence-corrected chi connectivity index (χ1v) is 15.8. The number of aliphatic hydroxyl groups excluding tert-OH is 1. The number of aliphatic hydroxyl groups is 1. The third-order valence-electron chi connectivity index (χ3n) is 6.50. The highest BCUT2D eigenvalue weighted by molar-refractivity contribution is 7.85. The van der Waals surface area contributed by atoms with Gasteiger partial charge in [-0.05, 0) is 6.42 Å². The molecule has 1 N–H and O–H groups in total. The minimum absolute atomic E-state index is 0.185. The second-order valence-electron chi connectivity index (χ2n) is 10.8. The van der Waals surface area contributed by atoms with E-state index in [0.29, 0.717) is 24.2 Å². The zero-order chi connectivity index (χ0) is 26.3. The molecular weight excluding hydrogens is 466 g/mol. The number of likely N-dealkylation sites (N-methyl/N-ethyl adjacent to an activating group) is 1. The van der Waals surface area contributed by atoms with E-state index in [4.69, 9.17) is 9.47 Å². The number of quaternary nitrogens is 1. The standard InChI is InChI=1S/C27H57NO6S/c1-4-5-6-7-8-9-10-11-12-13-14-15-16-17-18-19-20-22-33-26-34-23-21-28(2,3)24-27(29)25-35(30,31)32/h27,29H,4-26H2,1-3H3. The summed E-state index contributed by atoms with van der Waals surface area (Å²) in [6.07, 6.45) is 21.9. The van der Waals surface area contributed by atoms with Crippen molar-refractivity contribution in [2.24, 2.45) is 0 Å². The topological polar surface area (TPSA) is 95.9 Å². The summed E-state index contributed by atoms with van der Waals surface area (Å²) in [6, 6.07) is 0. The molecule has 0 aromatic heterocycles. The molecule has 0 aliphatic heterocycles. The lowest BCUT2D eigenvalue weighted by Gasteiger charge is -2.31. The summed E-state index contributed by atoms with van der Waals surface area (Å²) in [5, 5.41) is 9.74. The number of nitrogens with zero attached hydrogens (tertiary/aromatic N) is 1. The third kappa shape index (κ3) is 28.2. The lowest BCUT2D eigenvalue weighted by atomic mass is 10.0. The number of rotatable bonds is 27. The van der Waals surface area contributed by atoms with Gasteiger partial charge in [0.2, 0.25) is 0 Å². The van der Waals surface area contributed by atoms with Gasteiger partial charge in [-0.25, -0.2) is 8.42 Å². The van der Waals surface area contributed by atoms with E-state index in [-0.39, 0.29) is 13.3 Å². The van der Waals surface area contributed by atoms with Crippen molar-refractivity contribution in [2.45, 2.75) is 122 Å². The van der Waals surface area contributed by atoms with Gasteiger partial charge in [0, 0.05) is 6.61 Å². The van der Waals surface area contributed by atoms with Gasteiger partial charge in [-0.1, -0.05) is 110 Å². The summed E-state index contributed by atoms with van der Waals surface area (Å²) >= 11 is 0. The van der Waals surface area contributed by atoms with Gasteiger partial charge in [0.15, 0.2) is 0 Å². The second-order valence-corrected chi connectivity index (χ2v) is 12.3. The number of hydrogen-bond acceptors (Lipinski definition) is 6. The summed E-state index contributed by atoms with van der Waals surface area (Å²) in [5.41, 5.74) is 0. The van der Waals surface area contributed by atoms with E-state index >= 15 is 0 Å². The molecule has 0 rings (SSSR count). The first-order chi connectivity index (χ1) is 16.7. The maximum atomic E-state index is 10.7. The van der Waals surface area contributed by atoms with Crippen molar-refractivity contribution in [2.75, 3.05) is 52.9 Å². The zero-order valence-electron chi connectivity index (χ0n) is 23.2. The summed E-state index contributed by atoms with van der Waals surface area (Å²) in [4.78, 5) is 0. The van der Waals surface area contributed by atoms with Gasteiger partial charge in [-0.2, -0.15) is 0 Å². The first kappa shape index (κ1) is 34.8. The lowest BCUT2D eigenvalue weighted by molar-refractivity contribution is -0.893. The Bertz CT molecular complexity index is 556. The summed E-state index contributed by atoms with van der Waals surface area (Å²) in [5.74, 6) is -0.752. The molecule has 8 heteroatoms. The van der Waals surface area contributed by atoms with Crippen LogP contribution in [-0.2, 0) is 19.6 Å². The highest BCUT2D eigenvalue weighted by atomic mass is 32.2. The molecular formula is C27H57NO6S. The molecule has 7 nitrogen and oxygen atoms in total. The highest BCUT2D eigenvalue weighted by Crippen LogP contribution is 2.14. The fourth-order valence-electron chi connectivity index (χ4n) is 4.37. The molecule has 0 saturated heterocycles. The summed E-state index contributed by atoms with van der Waals surface area (Å²) in [6.45, 7) is 4.46. The van der Waals surface area contributed by atoms with E-state index in [1.807, 2.05) is 14.1 Å². The number of hydrogen-bond donors (Lipinski definition) is 1. The normalized spacial score (nSPS) is 13.4. The van der Waals surface area contributed by atoms with Crippen LogP contribution in [0.5, 0.6) is 0 Å². The van der Waals surface area contributed by atoms with Gasteiger partial charge in [0.1, 0.15) is 26.0 Å². The quantitative estimate of drug-likeness (QED) is 0.0650. The Morgan fingerprint density at radius 3 is 1.54 bits per heavy atom. The van der Waals surface area contributed by atoms with Crippen LogP contribution in [0.4, 0.5) is 0 Å². The van der Waals surface area contributed by atoms with Crippen molar-refractivity contribution in [1.29, 1.82) is 0 Å². The van der Waals surface area contributed by atoms with Crippen LogP contribution in [0.3, 0.4) is 0 Å². The minimum Gasteiger partial charge on any atom is -0.748 e. The van der Waals surface area contributed by atoms with E-state index in [2.05, 4.69) is 6.92 Å². The first-order valence-electron chi connectivity index (χ1n) is 14.3. The maximum absolute atomic E-state index is 10.7. The molecule has 1 atom stereocenters. The molecule has 1 unspecified atom stereocenters. The summed E-state index contributed by atoms with van der Waals surface area (Å²) in [7, 11) is -0.687. The molecule has 212 valence electrons. The Labute approximate surface area is 217 Å². The van der Waals surface area contributed by atoms with Gasteiger partial charge < -0.3 is 23.6 Å². The molecule has 0 saturated carbocycles. The zero-order valence-corrected chi connectivity index (χ0v) is 24.0. The average Bonchev–Trinajstić information content (AvgIpc) is 2.75. The van der Waals surface area contributed by atoms with E-state index in [9.17, 15) is 18.1 Å². The highest BCUT2D eigenvalue weighted by Gasteiger charge is 2.22. The molecule has 0 aromatic rings. The SMILES string of the molecule is CCCCCCCCCCCCCCCCCCCOCOCC[N+](C)(C)CC(O)CS(=O)(=O)[O-]. The Balaban J connectivity index is 3.31. The minimum atomic E-state index is -4.41. The van der Waals surface area contributed by atoms with Crippen molar-refractivity contribution >= 4 is 10.1 Å². The van der Waals surface area contributed by atoms with Gasteiger partial charge >= 0.3 is 0 Å². The molecule has 0 radical (unpaired) electrons. The van der Waals surface area contributed by atoms with Gasteiger partial charge in [-0.3, -0.25) is 0 Å². The largest absolute Gasteiger partial charge is 0.748 e. The predicted molar refractivity (Wildman–Crippen MR) is 143 cm³/mol. The van der Waals surface area contributed by atoms with Gasteiger partial charge in [0.05, 0.1) is 36.6 Å². The van der Waals surface area contributed by atoms with Crippen molar-refractivity contribution in [3.8, 4) is 0 Å². The second kappa shape index (κ2) is 22.9. The smallest absolute Gasteiger partial charge is 0.147 e. The molecule has 0 bridgehead atoms. The van der Waals surface area contributed by atoms with Crippen LogP contribution in [0.25, 0.3) is 0 Å². The Morgan fingerprint density at radius 2 is 1.11 bits per heavy atom. The fraction of sp³-hybridized carbons (Fsp3) is 1.00. The van der Waals surface area contributed by atoms with Crippen LogP contribution in [-0.4, -0.2) is 81.6 Å². The van der Waals surface area contributed by atoms with Crippen LogP contribution >= 0.6 is 0 Å². The monoisotopic (exact) mass is 523 g/mol. The number of ether oxygens (including phenoxy) is 2.